The van der Waals surface area contributed by atoms with E-state index in [4.69, 9.17) is 5.73 Å². The summed E-state index contributed by atoms with van der Waals surface area (Å²) in [5.41, 5.74) is 4.91. The maximum absolute atomic E-state index is 11.7. The van der Waals surface area contributed by atoms with Gasteiger partial charge in [0.1, 0.15) is 0 Å². The number of rotatable bonds is 4. The van der Waals surface area contributed by atoms with E-state index in [0.717, 1.165) is 0 Å². The third kappa shape index (κ3) is 3.70. The third-order valence-electron chi connectivity index (χ3n) is 1.92. The van der Waals surface area contributed by atoms with Crippen molar-refractivity contribution in [2.45, 2.75) is 24.3 Å². The van der Waals surface area contributed by atoms with E-state index >= 15 is 0 Å². The van der Waals surface area contributed by atoms with Gasteiger partial charge in [-0.05, 0) is 16.3 Å². The van der Waals surface area contributed by atoms with Gasteiger partial charge >= 0.3 is 6.03 Å². The number of thioether (sulfide) groups is 1. The van der Waals surface area contributed by atoms with Gasteiger partial charge in [0.2, 0.25) is 11.1 Å². The second-order valence-corrected chi connectivity index (χ2v) is 4.83. The standard InChI is InChI=1S/C8H14N6O2S/c1-4(2)5(6(15)10-7(9)16)17-8-11-12-13-14(8)3/h4-5H,1-3H3,(H3,9,10,15,16)/t5-/m0/s1. The van der Waals surface area contributed by atoms with Crippen molar-refractivity contribution in [1.29, 1.82) is 0 Å². The average Bonchev–Trinajstić information content (AvgIpc) is 2.58. The Morgan fingerprint density at radius 1 is 1.47 bits per heavy atom. The first-order valence-electron chi connectivity index (χ1n) is 4.91. The van der Waals surface area contributed by atoms with Gasteiger partial charge in [0.25, 0.3) is 0 Å². The topological polar surface area (TPSA) is 116 Å². The van der Waals surface area contributed by atoms with Gasteiger partial charge in [0, 0.05) is 7.05 Å². The van der Waals surface area contributed by atoms with Crippen LogP contribution in [-0.4, -0.2) is 37.4 Å². The monoisotopic (exact) mass is 258 g/mol. The molecule has 1 aromatic rings. The van der Waals surface area contributed by atoms with Gasteiger partial charge in [-0.1, -0.05) is 25.6 Å². The van der Waals surface area contributed by atoms with Crippen LogP contribution in [0.2, 0.25) is 0 Å². The number of urea groups is 1. The molecule has 1 atom stereocenters. The normalized spacial score (nSPS) is 12.5. The van der Waals surface area contributed by atoms with Gasteiger partial charge in [-0.15, -0.1) is 5.10 Å². The highest BCUT2D eigenvalue weighted by molar-refractivity contribution is 8.00. The first-order valence-corrected chi connectivity index (χ1v) is 5.79. The highest BCUT2D eigenvalue weighted by Crippen LogP contribution is 2.25. The van der Waals surface area contributed by atoms with E-state index in [-0.39, 0.29) is 5.92 Å². The van der Waals surface area contributed by atoms with Crippen molar-refractivity contribution in [2.24, 2.45) is 18.7 Å². The summed E-state index contributed by atoms with van der Waals surface area (Å²) < 4.78 is 1.46. The zero-order chi connectivity index (χ0) is 13.0. The molecule has 1 rings (SSSR count). The fourth-order valence-corrected chi connectivity index (χ4v) is 2.06. The van der Waals surface area contributed by atoms with Crippen LogP contribution in [0.25, 0.3) is 0 Å². The number of amides is 3. The van der Waals surface area contributed by atoms with E-state index in [1.807, 2.05) is 13.8 Å². The molecule has 0 spiro atoms. The summed E-state index contributed by atoms with van der Waals surface area (Å²) in [7, 11) is 1.67. The molecule has 1 heterocycles. The van der Waals surface area contributed by atoms with E-state index in [1.165, 1.54) is 16.4 Å². The molecule has 0 fully saturated rings. The number of aryl methyl sites for hydroxylation is 1. The molecule has 8 nitrogen and oxygen atoms in total. The third-order valence-corrected chi connectivity index (χ3v) is 3.49. The Kier molecular flexibility index (Phi) is 4.44. The molecule has 3 amide bonds. The maximum Gasteiger partial charge on any atom is 0.318 e. The van der Waals surface area contributed by atoms with Crippen molar-refractivity contribution in [2.75, 3.05) is 0 Å². The highest BCUT2D eigenvalue weighted by atomic mass is 32.2. The minimum Gasteiger partial charge on any atom is -0.351 e. The number of nitrogens with one attached hydrogen (secondary N) is 1. The summed E-state index contributed by atoms with van der Waals surface area (Å²) in [6.07, 6.45) is 0. The first-order chi connectivity index (χ1) is 7.91. The molecule has 0 aliphatic carbocycles. The number of carbonyl (C=O) groups excluding carboxylic acids is 2. The number of aromatic nitrogens is 4. The highest BCUT2D eigenvalue weighted by Gasteiger charge is 2.26. The summed E-state index contributed by atoms with van der Waals surface area (Å²) in [6, 6.07) is -0.864. The Hall–Kier alpha value is -1.64. The average molecular weight is 258 g/mol. The fourth-order valence-electron chi connectivity index (χ4n) is 1.12. The minimum atomic E-state index is -0.864. The lowest BCUT2D eigenvalue weighted by Gasteiger charge is -2.17. The quantitative estimate of drug-likeness (QED) is 0.705. The number of carbonyl (C=O) groups is 2. The number of nitrogens with two attached hydrogens (primary N) is 1. The SMILES string of the molecule is CC(C)[C@H](Sc1nnnn1C)C(=O)NC(N)=O. The van der Waals surface area contributed by atoms with E-state index < -0.39 is 17.2 Å². The van der Waals surface area contributed by atoms with Crippen molar-refractivity contribution in [1.82, 2.24) is 25.5 Å². The minimum absolute atomic E-state index is 0.0102. The molecule has 0 aromatic carbocycles. The second-order valence-electron chi connectivity index (χ2n) is 3.72. The molecule has 1 aromatic heterocycles. The summed E-state index contributed by atoms with van der Waals surface area (Å²) in [5, 5.41) is 13.0. The predicted octanol–water partition coefficient (Wildman–Crippen LogP) is -0.478. The zero-order valence-electron chi connectivity index (χ0n) is 9.75. The molecule has 9 heteroatoms. The molecule has 0 bridgehead atoms. The summed E-state index contributed by atoms with van der Waals surface area (Å²) >= 11 is 1.19. The van der Waals surface area contributed by atoms with Crippen LogP contribution in [0.15, 0.2) is 5.16 Å². The van der Waals surface area contributed by atoms with Gasteiger partial charge in [0.15, 0.2) is 0 Å². The summed E-state index contributed by atoms with van der Waals surface area (Å²) in [6.45, 7) is 3.73. The van der Waals surface area contributed by atoms with Gasteiger partial charge in [-0.2, -0.15) is 0 Å². The number of primary amides is 1. The summed E-state index contributed by atoms with van der Waals surface area (Å²) in [5.74, 6) is -0.434. The Bertz CT molecular complexity index is 418. The first kappa shape index (κ1) is 13.4. The Morgan fingerprint density at radius 3 is 2.53 bits per heavy atom. The lowest BCUT2D eigenvalue weighted by atomic mass is 10.1. The summed E-state index contributed by atoms with van der Waals surface area (Å²) in [4.78, 5) is 22.4. The Balaban J connectivity index is 2.77. The Morgan fingerprint density at radius 2 is 2.12 bits per heavy atom. The van der Waals surface area contributed by atoms with Crippen molar-refractivity contribution in [3.8, 4) is 0 Å². The molecule has 3 N–H and O–H groups in total. The number of hydrogen-bond acceptors (Lipinski definition) is 6. The second kappa shape index (κ2) is 5.62. The van der Waals surface area contributed by atoms with E-state index in [1.54, 1.807) is 7.05 Å². The van der Waals surface area contributed by atoms with E-state index in [9.17, 15) is 9.59 Å². The predicted molar refractivity (Wildman–Crippen MR) is 61.0 cm³/mol. The molecular weight excluding hydrogens is 244 g/mol. The lowest BCUT2D eigenvalue weighted by Crippen LogP contribution is -2.42. The molecular formula is C8H14N6O2S. The number of nitrogens with zero attached hydrogens (tertiary/aromatic N) is 4. The number of tetrazole rings is 1. The van der Waals surface area contributed by atoms with Crippen LogP contribution >= 0.6 is 11.8 Å². The Labute approximate surface area is 102 Å². The van der Waals surface area contributed by atoms with Crippen LogP contribution in [0.1, 0.15) is 13.8 Å². The number of imide groups is 1. The molecule has 17 heavy (non-hydrogen) atoms. The van der Waals surface area contributed by atoms with E-state index in [2.05, 4.69) is 20.8 Å². The van der Waals surface area contributed by atoms with E-state index in [0.29, 0.717) is 5.16 Å². The lowest BCUT2D eigenvalue weighted by molar-refractivity contribution is -0.120. The van der Waals surface area contributed by atoms with Gasteiger partial charge in [-0.25, -0.2) is 9.48 Å². The zero-order valence-corrected chi connectivity index (χ0v) is 10.6. The van der Waals surface area contributed by atoms with Gasteiger partial charge in [-0.3, -0.25) is 10.1 Å². The van der Waals surface area contributed by atoms with Crippen LogP contribution in [-0.2, 0) is 11.8 Å². The maximum atomic E-state index is 11.7. The van der Waals surface area contributed by atoms with Crippen LogP contribution in [0.3, 0.4) is 0 Å². The molecule has 0 saturated carbocycles. The molecule has 0 radical (unpaired) electrons. The molecule has 0 unspecified atom stereocenters. The van der Waals surface area contributed by atoms with Crippen molar-refractivity contribution >= 4 is 23.7 Å². The smallest absolute Gasteiger partial charge is 0.318 e. The largest absolute Gasteiger partial charge is 0.351 e. The van der Waals surface area contributed by atoms with Crippen molar-refractivity contribution in [3.05, 3.63) is 0 Å². The molecule has 0 saturated heterocycles. The van der Waals surface area contributed by atoms with Crippen LogP contribution in [0, 0.1) is 5.92 Å². The van der Waals surface area contributed by atoms with Crippen LogP contribution in [0.5, 0.6) is 0 Å². The molecule has 94 valence electrons. The van der Waals surface area contributed by atoms with Crippen molar-refractivity contribution < 1.29 is 9.59 Å². The van der Waals surface area contributed by atoms with Crippen LogP contribution in [0.4, 0.5) is 4.79 Å². The molecule has 0 aliphatic heterocycles. The number of hydrogen-bond donors (Lipinski definition) is 2. The van der Waals surface area contributed by atoms with Gasteiger partial charge < -0.3 is 5.73 Å². The van der Waals surface area contributed by atoms with Crippen LogP contribution < -0.4 is 11.1 Å². The molecule has 0 aliphatic rings. The van der Waals surface area contributed by atoms with Gasteiger partial charge in [0.05, 0.1) is 5.25 Å². The van der Waals surface area contributed by atoms with Crippen molar-refractivity contribution in [3.63, 3.8) is 0 Å². The fraction of sp³-hybridized carbons (Fsp3) is 0.625.